The standard InChI is InChI=1S/C43H32N2O15/c1-20-11-22(13-23(12-20)39(50)51)15-36(47)28-17-30(34(43(58)59)19-32(28)41(54)55)38(49)45-24-5-9-26(10-6-24)60-25-7-3-21(4-8-25)14-35(46)27-16-29(37(48)44-2)33(42(56)57)18-31(27)40(52)53/h3-13,16-19H,14-15H2,1-2H3,(H,44,48)(H,45,49)(H,50,51)(H,52,53)(H,54,55)(H,56,57)(H,58,59). The van der Waals surface area contributed by atoms with Crippen molar-refractivity contribution in [1.82, 2.24) is 5.32 Å². The third-order valence-electron chi connectivity index (χ3n) is 8.94. The van der Waals surface area contributed by atoms with Crippen LogP contribution >= 0.6 is 0 Å². The van der Waals surface area contributed by atoms with Gasteiger partial charge in [0.05, 0.1) is 38.9 Å². The van der Waals surface area contributed by atoms with Gasteiger partial charge in [-0.2, -0.15) is 0 Å². The summed E-state index contributed by atoms with van der Waals surface area (Å²) in [4.78, 5) is 112. The molecule has 0 unspecified atom stereocenters. The first-order valence-corrected chi connectivity index (χ1v) is 17.5. The van der Waals surface area contributed by atoms with Gasteiger partial charge in [-0.25, -0.2) is 24.0 Å². The van der Waals surface area contributed by atoms with E-state index in [4.69, 9.17) is 4.74 Å². The molecule has 0 heterocycles. The molecule has 2 amide bonds. The summed E-state index contributed by atoms with van der Waals surface area (Å²) in [5.74, 6) is -10.4. The number of Topliss-reactive ketones (excluding diaryl/α,β-unsaturated/α-hetero) is 2. The summed E-state index contributed by atoms with van der Waals surface area (Å²) < 4.78 is 5.83. The Morgan fingerprint density at radius 3 is 1.33 bits per heavy atom. The van der Waals surface area contributed by atoms with E-state index in [2.05, 4.69) is 10.6 Å². The van der Waals surface area contributed by atoms with Crippen molar-refractivity contribution in [2.24, 2.45) is 0 Å². The fourth-order valence-electron chi connectivity index (χ4n) is 6.14. The molecule has 17 nitrogen and oxygen atoms in total. The molecule has 0 radical (unpaired) electrons. The SMILES string of the molecule is CNC(=O)c1cc(C(=O)Cc2ccc(Oc3ccc(NC(=O)c4cc(C(=O)Cc5cc(C)cc(C(=O)O)c5)c(C(=O)O)cc4C(=O)O)cc3)cc2)c(C(=O)O)cc1C(=O)O. The van der Waals surface area contributed by atoms with E-state index in [-0.39, 0.29) is 40.1 Å². The van der Waals surface area contributed by atoms with Crippen molar-refractivity contribution in [2.75, 3.05) is 12.4 Å². The number of hydrogen-bond donors (Lipinski definition) is 7. The fourth-order valence-corrected chi connectivity index (χ4v) is 6.14. The number of carbonyl (C=O) groups excluding carboxylic acids is 4. The zero-order chi connectivity index (χ0) is 44.0. The predicted octanol–water partition coefficient (Wildman–Crippen LogP) is 5.74. The molecule has 60 heavy (non-hydrogen) atoms. The van der Waals surface area contributed by atoms with Crippen LogP contribution in [0.3, 0.4) is 0 Å². The molecule has 7 N–H and O–H groups in total. The van der Waals surface area contributed by atoms with Crippen LogP contribution in [0.2, 0.25) is 0 Å². The number of rotatable bonds is 16. The van der Waals surface area contributed by atoms with Gasteiger partial charge in [0, 0.05) is 36.7 Å². The number of ether oxygens (including phenoxy) is 1. The molecular weight excluding hydrogens is 784 g/mol. The lowest BCUT2D eigenvalue weighted by Gasteiger charge is -2.13. The van der Waals surface area contributed by atoms with Crippen molar-refractivity contribution in [3.8, 4) is 11.5 Å². The lowest BCUT2D eigenvalue weighted by Crippen LogP contribution is -2.23. The first kappa shape index (κ1) is 42.7. The van der Waals surface area contributed by atoms with E-state index in [1.54, 1.807) is 6.92 Å². The van der Waals surface area contributed by atoms with Crippen LogP contribution in [0.25, 0.3) is 0 Å². The zero-order valence-electron chi connectivity index (χ0n) is 31.4. The van der Waals surface area contributed by atoms with Crippen molar-refractivity contribution in [3.05, 3.63) is 158 Å². The lowest BCUT2D eigenvalue weighted by atomic mass is 9.92. The van der Waals surface area contributed by atoms with Gasteiger partial charge < -0.3 is 40.9 Å². The molecule has 0 aliphatic rings. The molecule has 5 aromatic carbocycles. The molecule has 5 rings (SSSR count). The molecule has 0 atom stereocenters. The molecule has 0 saturated carbocycles. The van der Waals surface area contributed by atoms with Crippen molar-refractivity contribution in [1.29, 1.82) is 0 Å². The molecule has 17 heteroatoms. The van der Waals surface area contributed by atoms with Crippen molar-refractivity contribution < 1.29 is 73.4 Å². The topological polar surface area (TPSA) is 288 Å². The summed E-state index contributed by atoms with van der Waals surface area (Å²) in [6.07, 6.45) is -0.759. The second kappa shape index (κ2) is 17.8. The van der Waals surface area contributed by atoms with Crippen LogP contribution in [0.4, 0.5) is 5.69 Å². The van der Waals surface area contributed by atoms with E-state index in [1.807, 2.05) is 0 Å². The summed E-state index contributed by atoms with van der Waals surface area (Å²) in [6, 6.07) is 19.3. The third kappa shape index (κ3) is 9.72. The average Bonchev–Trinajstić information content (AvgIpc) is 3.20. The zero-order valence-corrected chi connectivity index (χ0v) is 31.4. The van der Waals surface area contributed by atoms with Crippen molar-refractivity contribution in [2.45, 2.75) is 19.8 Å². The summed E-state index contributed by atoms with van der Waals surface area (Å²) in [6.45, 7) is 1.61. The molecule has 0 aliphatic heterocycles. The first-order valence-electron chi connectivity index (χ1n) is 17.5. The van der Waals surface area contributed by atoms with Crippen LogP contribution < -0.4 is 15.4 Å². The highest BCUT2D eigenvalue weighted by Gasteiger charge is 2.27. The molecule has 0 bridgehead atoms. The van der Waals surface area contributed by atoms with Gasteiger partial charge in [-0.1, -0.05) is 18.2 Å². The highest BCUT2D eigenvalue weighted by Crippen LogP contribution is 2.27. The van der Waals surface area contributed by atoms with Crippen molar-refractivity contribution >= 4 is 58.9 Å². The van der Waals surface area contributed by atoms with E-state index >= 15 is 0 Å². The van der Waals surface area contributed by atoms with E-state index in [0.717, 1.165) is 18.2 Å². The Kier molecular flexibility index (Phi) is 12.6. The van der Waals surface area contributed by atoms with Crippen LogP contribution in [-0.4, -0.2) is 85.8 Å². The smallest absolute Gasteiger partial charge is 0.336 e. The lowest BCUT2D eigenvalue weighted by molar-refractivity contribution is 0.0672. The first-order chi connectivity index (χ1) is 28.4. The number of hydrogen-bond acceptors (Lipinski definition) is 10. The Hall–Kier alpha value is -8.47. The summed E-state index contributed by atoms with van der Waals surface area (Å²) >= 11 is 0. The number of anilines is 1. The number of aromatic carboxylic acids is 5. The maximum atomic E-state index is 13.4. The molecule has 0 aromatic heterocycles. The van der Waals surface area contributed by atoms with Gasteiger partial charge in [0.1, 0.15) is 11.5 Å². The van der Waals surface area contributed by atoms with Crippen LogP contribution in [0.1, 0.15) is 110 Å². The Balaban J connectivity index is 1.31. The maximum Gasteiger partial charge on any atom is 0.336 e. The normalized spacial score (nSPS) is 10.6. The third-order valence-corrected chi connectivity index (χ3v) is 8.94. The van der Waals surface area contributed by atoms with Gasteiger partial charge in [0.15, 0.2) is 11.6 Å². The Labute approximate surface area is 338 Å². The molecule has 0 aliphatic carbocycles. The second-order valence-electron chi connectivity index (χ2n) is 13.1. The van der Waals surface area contributed by atoms with Crippen LogP contribution in [0, 0.1) is 6.92 Å². The highest BCUT2D eigenvalue weighted by molar-refractivity contribution is 6.16. The fraction of sp³-hybridized carbons (Fsp3) is 0.0930. The van der Waals surface area contributed by atoms with Gasteiger partial charge in [-0.15, -0.1) is 0 Å². The number of benzene rings is 5. The number of carboxylic acids is 5. The largest absolute Gasteiger partial charge is 0.478 e. The number of nitrogens with one attached hydrogen (secondary N) is 2. The summed E-state index contributed by atoms with van der Waals surface area (Å²) in [5.41, 5.74) is -3.00. The number of amides is 2. The van der Waals surface area contributed by atoms with Crippen LogP contribution in [-0.2, 0) is 12.8 Å². The minimum Gasteiger partial charge on any atom is -0.478 e. The Morgan fingerprint density at radius 1 is 0.467 bits per heavy atom. The summed E-state index contributed by atoms with van der Waals surface area (Å²) in [5, 5.41) is 53.0. The molecule has 304 valence electrons. The molecule has 0 fully saturated rings. The predicted molar refractivity (Wildman–Crippen MR) is 209 cm³/mol. The Bertz CT molecular complexity index is 2650. The van der Waals surface area contributed by atoms with Crippen LogP contribution in [0.5, 0.6) is 11.5 Å². The summed E-state index contributed by atoms with van der Waals surface area (Å²) in [7, 11) is 1.25. The quantitative estimate of drug-likeness (QED) is 0.0584. The Morgan fingerprint density at radius 2 is 0.883 bits per heavy atom. The number of carboxylic acid groups (broad SMARTS) is 5. The number of ketones is 2. The molecular formula is C43H32N2O15. The van der Waals surface area contributed by atoms with E-state index < -0.39 is 93.0 Å². The van der Waals surface area contributed by atoms with E-state index in [9.17, 15) is 68.7 Å². The van der Waals surface area contributed by atoms with Gasteiger partial charge in [0.25, 0.3) is 11.8 Å². The monoisotopic (exact) mass is 816 g/mol. The van der Waals surface area contributed by atoms with Gasteiger partial charge in [-0.3, -0.25) is 19.2 Å². The van der Waals surface area contributed by atoms with E-state index in [1.165, 1.54) is 73.8 Å². The molecule has 0 saturated heterocycles. The van der Waals surface area contributed by atoms with Gasteiger partial charge in [-0.05, 0) is 96.4 Å². The minimum absolute atomic E-state index is 0.0976. The average molecular weight is 817 g/mol. The molecule has 0 spiro atoms. The molecule has 5 aromatic rings. The van der Waals surface area contributed by atoms with Crippen LogP contribution in [0.15, 0.2) is 91.0 Å². The second-order valence-corrected chi connectivity index (χ2v) is 13.1. The maximum absolute atomic E-state index is 13.4. The highest BCUT2D eigenvalue weighted by atomic mass is 16.5. The minimum atomic E-state index is -1.64. The van der Waals surface area contributed by atoms with Gasteiger partial charge in [0.2, 0.25) is 0 Å². The number of carbonyl (C=O) groups is 9. The van der Waals surface area contributed by atoms with Gasteiger partial charge >= 0.3 is 29.8 Å². The number of aryl methyl sites for hydroxylation is 1. The van der Waals surface area contributed by atoms with E-state index in [0.29, 0.717) is 22.9 Å². The van der Waals surface area contributed by atoms with Crippen molar-refractivity contribution in [3.63, 3.8) is 0 Å².